The fraction of sp³-hybridized carbons (Fsp3) is 0.154. The van der Waals surface area contributed by atoms with Gasteiger partial charge in [-0.1, -0.05) is 30.3 Å². The maximum atomic E-state index is 12.5. The van der Waals surface area contributed by atoms with Crippen molar-refractivity contribution in [2.24, 2.45) is 0 Å². The summed E-state index contributed by atoms with van der Waals surface area (Å²) in [6.07, 6.45) is -2.03. The third kappa shape index (κ3) is 4.83. The number of imide groups is 1. The van der Waals surface area contributed by atoms with Crippen LogP contribution < -0.4 is 4.74 Å². The van der Waals surface area contributed by atoms with E-state index in [0.717, 1.165) is 11.1 Å². The largest absolute Gasteiger partial charge is 0.573 e. The van der Waals surface area contributed by atoms with E-state index in [1.807, 2.05) is 24.3 Å². The molecule has 0 radical (unpaired) electrons. The van der Waals surface area contributed by atoms with Crippen molar-refractivity contribution >= 4 is 11.8 Å². The first-order valence-corrected chi connectivity index (χ1v) is 11.1. The highest BCUT2D eigenvalue weighted by Gasteiger charge is 2.34. The monoisotopic (exact) mass is 492 g/mol. The number of ether oxygens (including phenoxy) is 1. The van der Waals surface area contributed by atoms with E-state index in [9.17, 15) is 22.8 Å². The lowest BCUT2D eigenvalue weighted by atomic mass is 10.1. The fourth-order valence-electron chi connectivity index (χ4n) is 4.07. The van der Waals surface area contributed by atoms with Crippen LogP contribution in [-0.4, -0.2) is 44.4 Å². The Hall–Kier alpha value is -4.47. The molecule has 4 aromatic rings. The summed E-state index contributed by atoms with van der Waals surface area (Å²) in [6, 6.07) is 19.7. The molecule has 182 valence electrons. The minimum absolute atomic E-state index is 0.267. The number of rotatable bonds is 7. The van der Waals surface area contributed by atoms with E-state index >= 15 is 0 Å². The molecule has 1 aliphatic heterocycles. The maximum Gasteiger partial charge on any atom is 0.573 e. The molecule has 0 unspecified atom stereocenters. The van der Waals surface area contributed by atoms with Crippen LogP contribution in [0.15, 0.2) is 79.1 Å². The smallest absolute Gasteiger partial charge is 0.406 e. The number of fused-ring (bicyclic) bond motifs is 1. The Morgan fingerprint density at radius 2 is 1.56 bits per heavy atom. The van der Waals surface area contributed by atoms with Gasteiger partial charge in [0.15, 0.2) is 5.82 Å². The van der Waals surface area contributed by atoms with E-state index in [-0.39, 0.29) is 17.6 Å². The van der Waals surface area contributed by atoms with Crippen LogP contribution in [0, 0.1) is 0 Å². The molecule has 0 N–H and O–H groups in total. The number of hydrogen-bond donors (Lipinski definition) is 0. The lowest BCUT2D eigenvalue weighted by Crippen LogP contribution is -2.30. The molecule has 0 saturated carbocycles. The molecule has 2 heterocycles. The second-order valence-electron chi connectivity index (χ2n) is 8.17. The van der Waals surface area contributed by atoms with Gasteiger partial charge in [0.1, 0.15) is 12.1 Å². The first-order chi connectivity index (χ1) is 17.3. The molecule has 0 saturated heterocycles. The maximum absolute atomic E-state index is 12.5. The van der Waals surface area contributed by atoms with E-state index in [1.54, 1.807) is 24.3 Å². The van der Waals surface area contributed by atoms with Crippen LogP contribution in [-0.2, 0) is 6.42 Å². The number of nitrogens with zero attached hydrogens (tertiary/aromatic N) is 4. The molecule has 10 heteroatoms. The number of hydrogen-bond acceptors (Lipinski definition) is 5. The molecule has 7 nitrogen and oxygen atoms in total. The van der Waals surface area contributed by atoms with Crippen LogP contribution >= 0.6 is 0 Å². The van der Waals surface area contributed by atoms with E-state index in [0.29, 0.717) is 42.0 Å². The van der Waals surface area contributed by atoms with Gasteiger partial charge in [-0.05, 0) is 60.9 Å². The minimum Gasteiger partial charge on any atom is -0.406 e. The molecular formula is C26H19F3N4O3. The molecule has 0 spiro atoms. The van der Waals surface area contributed by atoms with Crippen molar-refractivity contribution in [2.75, 3.05) is 6.54 Å². The second kappa shape index (κ2) is 9.29. The molecule has 36 heavy (non-hydrogen) atoms. The second-order valence-corrected chi connectivity index (χ2v) is 8.17. The van der Waals surface area contributed by atoms with E-state index < -0.39 is 6.36 Å². The summed E-state index contributed by atoms with van der Waals surface area (Å²) in [5.74, 6) is -0.400. The van der Waals surface area contributed by atoms with Crippen molar-refractivity contribution in [1.29, 1.82) is 0 Å². The average molecular weight is 492 g/mol. The molecule has 0 aliphatic carbocycles. The zero-order chi connectivity index (χ0) is 25.3. The van der Waals surface area contributed by atoms with E-state index in [4.69, 9.17) is 0 Å². The lowest BCUT2D eigenvalue weighted by molar-refractivity contribution is -0.274. The predicted molar refractivity (Wildman–Crippen MR) is 124 cm³/mol. The van der Waals surface area contributed by atoms with Gasteiger partial charge in [0.05, 0.1) is 16.8 Å². The normalized spacial score (nSPS) is 13.2. The third-order valence-electron chi connectivity index (χ3n) is 5.74. The number of carbonyl (C=O) groups excluding carboxylic acids is 2. The van der Waals surface area contributed by atoms with Gasteiger partial charge in [0, 0.05) is 12.1 Å². The van der Waals surface area contributed by atoms with Crippen LogP contribution in [0.5, 0.6) is 5.75 Å². The van der Waals surface area contributed by atoms with Gasteiger partial charge in [0.25, 0.3) is 11.8 Å². The van der Waals surface area contributed by atoms with E-state index in [2.05, 4.69) is 14.8 Å². The predicted octanol–water partition coefficient (Wildman–Crippen LogP) is 5.06. The van der Waals surface area contributed by atoms with Gasteiger partial charge in [-0.25, -0.2) is 9.67 Å². The number of benzene rings is 3. The summed E-state index contributed by atoms with van der Waals surface area (Å²) >= 11 is 0. The Morgan fingerprint density at radius 1 is 0.861 bits per heavy atom. The van der Waals surface area contributed by atoms with Crippen LogP contribution in [0.3, 0.4) is 0 Å². The van der Waals surface area contributed by atoms with Gasteiger partial charge in [-0.15, -0.1) is 18.3 Å². The summed E-state index contributed by atoms with van der Waals surface area (Å²) < 4.78 is 42.4. The Bertz CT molecular complexity index is 1400. The van der Waals surface area contributed by atoms with E-state index in [1.165, 1.54) is 40.2 Å². The Kier molecular flexibility index (Phi) is 6.01. The quantitative estimate of drug-likeness (QED) is 0.337. The van der Waals surface area contributed by atoms with Crippen molar-refractivity contribution in [2.45, 2.75) is 19.2 Å². The lowest BCUT2D eigenvalue weighted by Gasteiger charge is -2.13. The van der Waals surface area contributed by atoms with Gasteiger partial charge in [-0.3, -0.25) is 14.5 Å². The molecule has 1 aliphatic rings. The molecule has 1 aromatic heterocycles. The highest BCUT2D eigenvalue weighted by atomic mass is 19.4. The Balaban J connectivity index is 1.23. The van der Waals surface area contributed by atoms with Crippen molar-refractivity contribution < 1.29 is 27.5 Å². The van der Waals surface area contributed by atoms with Gasteiger partial charge in [0.2, 0.25) is 0 Å². The number of aromatic nitrogens is 3. The molecule has 2 amide bonds. The molecule has 5 rings (SSSR count). The first-order valence-electron chi connectivity index (χ1n) is 11.1. The Labute approximate surface area is 203 Å². The van der Waals surface area contributed by atoms with Crippen molar-refractivity contribution in [3.63, 3.8) is 0 Å². The van der Waals surface area contributed by atoms with Crippen LogP contribution in [0.1, 0.15) is 32.7 Å². The van der Waals surface area contributed by atoms with Crippen LogP contribution in [0.2, 0.25) is 0 Å². The van der Waals surface area contributed by atoms with Crippen molar-refractivity contribution in [3.05, 3.63) is 95.8 Å². The van der Waals surface area contributed by atoms with Gasteiger partial charge < -0.3 is 4.74 Å². The highest BCUT2D eigenvalue weighted by molar-refractivity contribution is 6.21. The fourth-order valence-corrected chi connectivity index (χ4v) is 4.07. The molecular weight excluding hydrogens is 473 g/mol. The molecule has 0 atom stereocenters. The van der Waals surface area contributed by atoms with Crippen LogP contribution in [0.25, 0.3) is 17.1 Å². The summed E-state index contributed by atoms with van der Waals surface area (Å²) in [7, 11) is 0. The number of amides is 2. The number of aryl methyl sites for hydroxylation is 1. The first kappa shape index (κ1) is 23.3. The molecule has 0 fully saturated rings. The zero-order valence-corrected chi connectivity index (χ0v) is 18.8. The number of carbonyl (C=O) groups is 2. The summed E-state index contributed by atoms with van der Waals surface area (Å²) in [6.45, 7) is 0.317. The van der Waals surface area contributed by atoms with Crippen molar-refractivity contribution in [3.8, 4) is 22.8 Å². The summed E-state index contributed by atoms with van der Waals surface area (Å²) in [5, 5.41) is 4.43. The zero-order valence-electron chi connectivity index (χ0n) is 18.8. The SMILES string of the molecule is O=C1c2ccccc2C(=O)N1CCCc1cccc(-c2ncn(-c3ccc(OC(F)(F)F)cc3)n2)c1. The van der Waals surface area contributed by atoms with Gasteiger partial charge in [-0.2, -0.15) is 0 Å². The standard InChI is InChI=1S/C26H19F3N4O3/c27-26(28,29)36-20-12-10-19(11-13-20)33-16-30-23(31-33)18-7-3-5-17(15-18)6-4-14-32-24(34)21-8-1-2-9-22(21)25(32)35/h1-3,5,7-13,15-16H,4,6,14H2. The topological polar surface area (TPSA) is 77.3 Å². The van der Waals surface area contributed by atoms with Crippen LogP contribution in [0.4, 0.5) is 13.2 Å². The summed E-state index contributed by atoms with van der Waals surface area (Å²) in [5.41, 5.74) is 3.17. The summed E-state index contributed by atoms with van der Waals surface area (Å²) in [4.78, 5) is 30.6. The number of alkyl halides is 3. The Morgan fingerprint density at radius 3 is 2.22 bits per heavy atom. The van der Waals surface area contributed by atoms with Crippen molar-refractivity contribution in [1.82, 2.24) is 19.7 Å². The molecule has 0 bridgehead atoms. The number of halogens is 3. The molecule has 3 aromatic carbocycles. The average Bonchev–Trinajstić information content (AvgIpc) is 3.44. The minimum atomic E-state index is -4.75. The third-order valence-corrected chi connectivity index (χ3v) is 5.74. The highest BCUT2D eigenvalue weighted by Crippen LogP contribution is 2.25. The van der Waals surface area contributed by atoms with Gasteiger partial charge >= 0.3 is 6.36 Å².